The maximum Gasteiger partial charge on any atom is 0.251 e. The molecule has 0 bridgehead atoms. The zero-order valence-corrected chi connectivity index (χ0v) is 11.0. The summed E-state index contributed by atoms with van der Waals surface area (Å²) in [6.45, 7) is 1.93. The van der Waals surface area contributed by atoms with E-state index in [1.54, 1.807) is 31.6 Å². The molecule has 1 unspecified atom stereocenters. The zero-order valence-electron chi connectivity index (χ0n) is 11.0. The summed E-state index contributed by atoms with van der Waals surface area (Å²) in [6, 6.07) is 10.9. The fraction of sp³-hybridized carbons (Fsp3) is 0.200. The first-order valence-corrected chi connectivity index (χ1v) is 6.06. The van der Waals surface area contributed by atoms with Crippen LogP contribution in [0.3, 0.4) is 0 Å². The van der Waals surface area contributed by atoms with Crippen LogP contribution in [0.15, 0.2) is 48.8 Å². The largest absolute Gasteiger partial charge is 0.496 e. The van der Waals surface area contributed by atoms with Crippen LogP contribution in [-0.2, 0) is 0 Å². The zero-order chi connectivity index (χ0) is 13.7. The van der Waals surface area contributed by atoms with Gasteiger partial charge in [-0.3, -0.25) is 9.78 Å². The number of para-hydroxylation sites is 1. The predicted octanol–water partition coefficient (Wildman–Crippen LogP) is 2.58. The van der Waals surface area contributed by atoms with Crippen LogP contribution in [0, 0.1) is 0 Å². The van der Waals surface area contributed by atoms with Gasteiger partial charge in [0, 0.05) is 23.5 Å². The molecule has 0 aliphatic heterocycles. The molecular weight excluding hydrogens is 240 g/mol. The van der Waals surface area contributed by atoms with Crippen LogP contribution in [0.1, 0.15) is 28.9 Å². The third-order valence-electron chi connectivity index (χ3n) is 2.90. The van der Waals surface area contributed by atoms with Gasteiger partial charge in [0.2, 0.25) is 0 Å². The highest BCUT2D eigenvalue weighted by atomic mass is 16.5. The van der Waals surface area contributed by atoms with Crippen LogP contribution >= 0.6 is 0 Å². The van der Waals surface area contributed by atoms with Crippen molar-refractivity contribution in [3.05, 3.63) is 59.9 Å². The van der Waals surface area contributed by atoms with Crippen molar-refractivity contribution >= 4 is 5.91 Å². The Morgan fingerprint density at radius 3 is 2.58 bits per heavy atom. The summed E-state index contributed by atoms with van der Waals surface area (Å²) in [6.07, 6.45) is 3.20. The molecule has 0 aliphatic carbocycles. The first-order valence-electron chi connectivity index (χ1n) is 6.06. The smallest absolute Gasteiger partial charge is 0.251 e. The molecule has 1 aromatic carbocycles. The summed E-state index contributed by atoms with van der Waals surface area (Å²) in [4.78, 5) is 15.9. The lowest BCUT2D eigenvalue weighted by Gasteiger charge is -2.17. The maximum absolute atomic E-state index is 12.0. The summed E-state index contributed by atoms with van der Waals surface area (Å²) < 4.78 is 5.29. The number of pyridine rings is 1. The number of carbonyl (C=O) groups excluding carboxylic acids is 1. The second-order valence-electron chi connectivity index (χ2n) is 4.17. The highest BCUT2D eigenvalue weighted by Gasteiger charge is 2.14. The van der Waals surface area contributed by atoms with E-state index in [2.05, 4.69) is 10.3 Å². The van der Waals surface area contributed by atoms with E-state index < -0.39 is 0 Å². The van der Waals surface area contributed by atoms with E-state index in [-0.39, 0.29) is 11.9 Å². The SMILES string of the molecule is COc1ccccc1C(C)NC(=O)c1ccncc1. The summed E-state index contributed by atoms with van der Waals surface area (Å²) in [5, 5.41) is 2.94. The number of carbonyl (C=O) groups is 1. The quantitative estimate of drug-likeness (QED) is 0.914. The van der Waals surface area contributed by atoms with E-state index in [0.717, 1.165) is 11.3 Å². The van der Waals surface area contributed by atoms with Crippen LogP contribution in [-0.4, -0.2) is 18.0 Å². The van der Waals surface area contributed by atoms with Gasteiger partial charge in [-0.2, -0.15) is 0 Å². The molecule has 4 heteroatoms. The second-order valence-corrected chi connectivity index (χ2v) is 4.17. The fourth-order valence-corrected chi connectivity index (χ4v) is 1.89. The number of ether oxygens (including phenoxy) is 1. The molecule has 0 saturated carbocycles. The number of nitrogens with zero attached hydrogens (tertiary/aromatic N) is 1. The molecule has 1 aromatic heterocycles. The summed E-state index contributed by atoms with van der Waals surface area (Å²) in [5.74, 6) is 0.644. The molecule has 0 radical (unpaired) electrons. The predicted molar refractivity (Wildman–Crippen MR) is 73.1 cm³/mol. The molecule has 98 valence electrons. The minimum Gasteiger partial charge on any atom is -0.496 e. The van der Waals surface area contributed by atoms with Crippen molar-refractivity contribution in [1.82, 2.24) is 10.3 Å². The molecule has 0 spiro atoms. The molecular formula is C15H16N2O2. The lowest BCUT2D eigenvalue weighted by Crippen LogP contribution is -2.26. The monoisotopic (exact) mass is 256 g/mol. The average Bonchev–Trinajstić information content (AvgIpc) is 2.48. The van der Waals surface area contributed by atoms with Gasteiger partial charge in [-0.25, -0.2) is 0 Å². The number of aromatic nitrogens is 1. The second kappa shape index (κ2) is 6.00. The first kappa shape index (κ1) is 13.1. The van der Waals surface area contributed by atoms with Crippen molar-refractivity contribution in [2.45, 2.75) is 13.0 Å². The standard InChI is InChI=1S/C15H16N2O2/c1-11(13-5-3-4-6-14(13)19-2)17-15(18)12-7-9-16-10-8-12/h3-11H,1-2H3,(H,17,18). The number of hydrogen-bond donors (Lipinski definition) is 1. The summed E-state index contributed by atoms with van der Waals surface area (Å²) >= 11 is 0. The van der Waals surface area contributed by atoms with Gasteiger partial charge >= 0.3 is 0 Å². The minimum atomic E-state index is -0.128. The van der Waals surface area contributed by atoms with Crippen LogP contribution in [0.2, 0.25) is 0 Å². The Bertz CT molecular complexity index is 555. The molecule has 1 N–H and O–H groups in total. The van der Waals surface area contributed by atoms with E-state index in [1.807, 2.05) is 31.2 Å². The average molecular weight is 256 g/mol. The minimum absolute atomic E-state index is 0.124. The van der Waals surface area contributed by atoms with E-state index in [0.29, 0.717) is 5.56 Å². The van der Waals surface area contributed by atoms with Crippen LogP contribution in [0.25, 0.3) is 0 Å². The van der Waals surface area contributed by atoms with Crippen molar-refractivity contribution in [1.29, 1.82) is 0 Å². The van der Waals surface area contributed by atoms with Gasteiger partial charge in [-0.15, -0.1) is 0 Å². The van der Waals surface area contributed by atoms with Crippen molar-refractivity contribution in [2.75, 3.05) is 7.11 Å². The van der Waals surface area contributed by atoms with Gasteiger partial charge in [0.25, 0.3) is 5.91 Å². The van der Waals surface area contributed by atoms with Crippen molar-refractivity contribution in [3.8, 4) is 5.75 Å². The first-order chi connectivity index (χ1) is 9.22. The van der Waals surface area contributed by atoms with E-state index >= 15 is 0 Å². The normalized spacial score (nSPS) is 11.7. The number of nitrogens with one attached hydrogen (secondary N) is 1. The summed E-state index contributed by atoms with van der Waals surface area (Å²) in [7, 11) is 1.62. The van der Waals surface area contributed by atoms with Gasteiger partial charge in [0.1, 0.15) is 5.75 Å². The van der Waals surface area contributed by atoms with Crippen molar-refractivity contribution in [3.63, 3.8) is 0 Å². The van der Waals surface area contributed by atoms with Crippen molar-refractivity contribution < 1.29 is 9.53 Å². The van der Waals surface area contributed by atoms with Gasteiger partial charge < -0.3 is 10.1 Å². The van der Waals surface area contributed by atoms with Gasteiger partial charge in [0.05, 0.1) is 13.2 Å². The molecule has 1 amide bonds. The third-order valence-corrected chi connectivity index (χ3v) is 2.90. The Balaban J connectivity index is 2.13. The molecule has 1 heterocycles. The fourth-order valence-electron chi connectivity index (χ4n) is 1.89. The van der Waals surface area contributed by atoms with Crippen molar-refractivity contribution in [2.24, 2.45) is 0 Å². The molecule has 0 aliphatic rings. The van der Waals surface area contributed by atoms with E-state index in [1.165, 1.54) is 0 Å². The molecule has 2 rings (SSSR count). The van der Waals surface area contributed by atoms with Crippen LogP contribution in [0.4, 0.5) is 0 Å². The van der Waals surface area contributed by atoms with Gasteiger partial charge in [-0.1, -0.05) is 18.2 Å². The number of methoxy groups -OCH3 is 1. The Kier molecular flexibility index (Phi) is 4.13. The Hall–Kier alpha value is -2.36. The van der Waals surface area contributed by atoms with Crippen LogP contribution in [0.5, 0.6) is 5.75 Å². The number of amides is 1. The van der Waals surface area contributed by atoms with Gasteiger partial charge in [-0.05, 0) is 25.1 Å². The van der Waals surface area contributed by atoms with Crippen LogP contribution < -0.4 is 10.1 Å². The Labute approximate surface area is 112 Å². The number of rotatable bonds is 4. The van der Waals surface area contributed by atoms with Gasteiger partial charge in [0.15, 0.2) is 0 Å². The Morgan fingerprint density at radius 2 is 1.89 bits per heavy atom. The maximum atomic E-state index is 12.0. The van der Waals surface area contributed by atoms with E-state index in [9.17, 15) is 4.79 Å². The third kappa shape index (κ3) is 3.10. The van der Waals surface area contributed by atoms with E-state index in [4.69, 9.17) is 4.74 Å². The molecule has 0 saturated heterocycles. The molecule has 1 atom stereocenters. The summed E-state index contributed by atoms with van der Waals surface area (Å²) in [5.41, 5.74) is 1.55. The highest BCUT2D eigenvalue weighted by Crippen LogP contribution is 2.24. The molecule has 0 fully saturated rings. The lowest BCUT2D eigenvalue weighted by atomic mass is 10.1. The lowest BCUT2D eigenvalue weighted by molar-refractivity contribution is 0.0939. The number of hydrogen-bond acceptors (Lipinski definition) is 3. The topological polar surface area (TPSA) is 51.2 Å². The number of benzene rings is 1. The Morgan fingerprint density at radius 1 is 1.21 bits per heavy atom. The highest BCUT2D eigenvalue weighted by molar-refractivity contribution is 5.94. The molecule has 2 aromatic rings. The molecule has 4 nitrogen and oxygen atoms in total. The molecule has 19 heavy (non-hydrogen) atoms.